The van der Waals surface area contributed by atoms with E-state index in [0.717, 1.165) is 78.5 Å². The number of fused-ring (bicyclic) bond motifs is 1. The number of carbonyl (C=O) groups is 1. The molecule has 2 atom stereocenters. The van der Waals surface area contributed by atoms with Crippen LogP contribution in [-0.2, 0) is 11.2 Å². The van der Waals surface area contributed by atoms with E-state index in [1.807, 2.05) is 36.2 Å². The minimum Gasteiger partial charge on any atom is -0.497 e. The van der Waals surface area contributed by atoms with Crippen LogP contribution in [0.15, 0.2) is 46.8 Å². The molecule has 1 fully saturated rings. The van der Waals surface area contributed by atoms with E-state index >= 15 is 0 Å². The number of hydrogen-bond donors (Lipinski definition) is 1. The van der Waals surface area contributed by atoms with Crippen LogP contribution in [0.1, 0.15) is 37.7 Å². The number of ether oxygens (including phenoxy) is 1. The van der Waals surface area contributed by atoms with Crippen LogP contribution >= 0.6 is 34.7 Å². The number of aryl methyl sites for hydroxylation is 1. The molecule has 0 aliphatic carbocycles. The summed E-state index contributed by atoms with van der Waals surface area (Å²) in [7, 11) is 1.69. The predicted molar refractivity (Wildman–Crippen MR) is 146 cm³/mol. The van der Waals surface area contributed by atoms with Crippen LogP contribution in [0.3, 0.4) is 0 Å². The van der Waals surface area contributed by atoms with Gasteiger partial charge in [0.25, 0.3) is 0 Å². The van der Waals surface area contributed by atoms with Gasteiger partial charge < -0.3 is 14.7 Å². The van der Waals surface area contributed by atoms with Gasteiger partial charge >= 0.3 is 5.97 Å². The van der Waals surface area contributed by atoms with Crippen LogP contribution < -0.4 is 4.74 Å². The van der Waals surface area contributed by atoms with Crippen molar-refractivity contribution >= 4 is 51.6 Å². The van der Waals surface area contributed by atoms with Crippen LogP contribution in [0, 0.1) is 11.8 Å². The number of aliphatic carboxylic acids is 1. The highest BCUT2D eigenvalue weighted by Crippen LogP contribution is 2.33. The van der Waals surface area contributed by atoms with E-state index < -0.39 is 5.97 Å². The van der Waals surface area contributed by atoms with E-state index in [1.54, 1.807) is 18.4 Å². The van der Waals surface area contributed by atoms with Gasteiger partial charge in [-0.2, -0.15) is 0 Å². The molecule has 8 heteroatoms. The van der Waals surface area contributed by atoms with Gasteiger partial charge in [0.15, 0.2) is 0 Å². The molecular formula is C27H33ClN2O3S2. The molecule has 1 aliphatic rings. The molecule has 0 spiro atoms. The maximum Gasteiger partial charge on any atom is 0.303 e. The first-order valence-corrected chi connectivity index (χ1v) is 14.4. The Labute approximate surface area is 220 Å². The topological polar surface area (TPSA) is 62.7 Å². The second kappa shape index (κ2) is 12.9. The highest BCUT2D eigenvalue weighted by atomic mass is 35.5. The number of carboxylic acid groups (broad SMARTS) is 1. The molecule has 35 heavy (non-hydrogen) atoms. The van der Waals surface area contributed by atoms with Crippen molar-refractivity contribution in [3.8, 4) is 5.75 Å². The van der Waals surface area contributed by atoms with Crippen LogP contribution in [0.25, 0.3) is 10.9 Å². The van der Waals surface area contributed by atoms with Gasteiger partial charge in [0.2, 0.25) is 0 Å². The van der Waals surface area contributed by atoms with Gasteiger partial charge in [0.05, 0.1) is 21.2 Å². The molecule has 1 N–H and O–H groups in total. The number of halogens is 1. The Bertz CT molecular complexity index is 1120. The van der Waals surface area contributed by atoms with Gasteiger partial charge in [-0.1, -0.05) is 11.6 Å². The molecule has 0 radical (unpaired) electrons. The summed E-state index contributed by atoms with van der Waals surface area (Å²) in [5, 5.41) is 10.7. The van der Waals surface area contributed by atoms with Gasteiger partial charge in [-0.25, -0.2) is 0 Å². The Hall–Kier alpha value is -1.80. The minimum absolute atomic E-state index is 0.222. The SMILES string of the molecule is COc1ccc2nccc(CCC[C@@H]3CCN(CCCSc4ccc(Cl)s4)C[C@@H]3CC(=O)O)c2c1. The molecule has 4 rings (SSSR count). The highest BCUT2D eigenvalue weighted by Gasteiger charge is 2.30. The predicted octanol–water partition coefficient (Wildman–Crippen LogP) is 6.88. The van der Waals surface area contributed by atoms with E-state index in [1.165, 1.54) is 9.77 Å². The molecule has 0 amide bonds. The summed E-state index contributed by atoms with van der Waals surface area (Å²) >= 11 is 9.50. The Morgan fingerprint density at radius 2 is 2.14 bits per heavy atom. The summed E-state index contributed by atoms with van der Waals surface area (Å²) in [5.41, 5.74) is 2.27. The van der Waals surface area contributed by atoms with Crippen molar-refractivity contribution in [3.63, 3.8) is 0 Å². The third-order valence-corrected chi connectivity index (χ3v) is 9.43. The minimum atomic E-state index is -0.681. The molecule has 1 aromatic carbocycles. The third-order valence-electron chi connectivity index (χ3n) is 6.88. The quantitative estimate of drug-likeness (QED) is 0.203. The number of piperidine rings is 1. The number of carboxylic acids is 1. The average molecular weight is 533 g/mol. The second-order valence-corrected chi connectivity index (χ2v) is 12.3. The van der Waals surface area contributed by atoms with Crippen molar-refractivity contribution in [2.24, 2.45) is 11.8 Å². The maximum atomic E-state index is 11.6. The standard InChI is InChI=1S/C27H33ClN2O3S2/c1-33-22-6-7-24-23(17-22)20(10-12-29-24)5-2-4-19-11-14-30(18-21(19)16-26(31)32)13-3-15-34-27-9-8-25(28)35-27/h6-10,12,17,19,21H,2-5,11,13-16,18H2,1H3,(H,31,32)/t19-,21+/m1/s1. The van der Waals surface area contributed by atoms with E-state index in [9.17, 15) is 9.90 Å². The number of benzene rings is 1. The molecule has 0 bridgehead atoms. The van der Waals surface area contributed by atoms with Crippen LogP contribution in [0.5, 0.6) is 5.75 Å². The molecular weight excluding hydrogens is 500 g/mol. The van der Waals surface area contributed by atoms with Gasteiger partial charge in [0.1, 0.15) is 5.75 Å². The lowest BCUT2D eigenvalue weighted by Crippen LogP contribution is -2.41. The van der Waals surface area contributed by atoms with Crippen LogP contribution in [-0.4, -0.2) is 53.5 Å². The summed E-state index contributed by atoms with van der Waals surface area (Å²) in [5.74, 6) is 1.91. The first kappa shape index (κ1) is 26.3. The smallest absolute Gasteiger partial charge is 0.303 e. The zero-order valence-corrected chi connectivity index (χ0v) is 22.5. The monoisotopic (exact) mass is 532 g/mol. The van der Waals surface area contributed by atoms with Crippen molar-refractivity contribution in [2.45, 2.75) is 42.7 Å². The molecule has 2 aromatic heterocycles. The number of thiophene rings is 1. The fraction of sp³-hybridized carbons (Fsp3) is 0.481. The Balaban J connectivity index is 1.27. The van der Waals surface area contributed by atoms with Gasteiger partial charge in [0, 0.05) is 30.3 Å². The van der Waals surface area contributed by atoms with Crippen molar-refractivity contribution in [2.75, 3.05) is 32.5 Å². The number of aromatic nitrogens is 1. The molecule has 0 unspecified atom stereocenters. The largest absolute Gasteiger partial charge is 0.497 e. The lowest BCUT2D eigenvalue weighted by molar-refractivity contribution is -0.139. The zero-order valence-electron chi connectivity index (χ0n) is 20.1. The number of pyridine rings is 1. The van der Waals surface area contributed by atoms with Crippen molar-refractivity contribution < 1.29 is 14.6 Å². The fourth-order valence-corrected chi connectivity index (χ4v) is 7.42. The second-order valence-electron chi connectivity index (χ2n) is 9.21. The summed E-state index contributed by atoms with van der Waals surface area (Å²) in [6, 6.07) is 12.1. The highest BCUT2D eigenvalue weighted by molar-refractivity contribution is 8.01. The van der Waals surface area contributed by atoms with E-state index in [2.05, 4.69) is 28.1 Å². The average Bonchev–Trinajstić information content (AvgIpc) is 3.27. The van der Waals surface area contributed by atoms with Gasteiger partial charge in [-0.15, -0.1) is 23.1 Å². The molecule has 0 saturated carbocycles. The van der Waals surface area contributed by atoms with Crippen LogP contribution in [0.4, 0.5) is 0 Å². The first-order valence-electron chi connectivity index (χ1n) is 12.3. The molecule has 5 nitrogen and oxygen atoms in total. The van der Waals surface area contributed by atoms with Crippen LogP contribution in [0.2, 0.25) is 4.34 Å². The first-order chi connectivity index (χ1) is 17.0. The normalized spacial score (nSPS) is 18.7. The molecule has 1 saturated heterocycles. The summed E-state index contributed by atoms with van der Waals surface area (Å²) in [6.45, 7) is 2.98. The number of thioether (sulfide) groups is 1. The summed E-state index contributed by atoms with van der Waals surface area (Å²) in [4.78, 5) is 18.5. The number of hydrogen-bond acceptors (Lipinski definition) is 6. The number of nitrogens with zero attached hydrogens (tertiary/aromatic N) is 2. The lowest BCUT2D eigenvalue weighted by atomic mass is 9.80. The number of rotatable bonds is 12. The zero-order chi connectivity index (χ0) is 24.6. The number of likely N-dealkylation sites (tertiary alicyclic amines) is 1. The molecule has 3 heterocycles. The van der Waals surface area contributed by atoms with Crippen molar-refractivity contribution in [3.05, 3.63) is 52.5 Å². The Kier molecular flexibility index (Phi) is 9.72. The third kappa shape index (κ3) is 7.59. The van der Waals surface area contributed by atoms with E-state index in [4.69, 9.17) is 16.3 Å². The maximum absolute atomic E-state index is 11.6. The van der Waals surface area contributed by atoms with Crippen molar-refractivity contribution in [1.29, 1.82) is 0 Å². The molecule has 1 aliphatic heterocycles. The van der Waals surface area contributed by atoms with E-state index in [0.29, 0.717) is 5.92 Å². The lowest BCUT2D eigenvalue weighted by Gasteiger charge is -2.38. The Morgan fingerprint density at radius 1 is 1.26 bits per heavy atom. The Morgan fingerprint density at radius 3 is 2.91 bits per heavy atom. The summed E-state index contributed by atoms with van der Waals surface area (Å²) < 4.78 is 7.50. The van der Waals surface area contributed by atoms with Gasteiger partial charge in [-0.05, 0) is 99.0 Å². The molecule has 3 aromatic rings. The van der Waals surface area contributed by atoms with E-state index in [-0.39, 0.29) is 12.3 Å². The van der Waals surface area contributed by atoms with Crippen molar-refractivity contribution in [1.82, 2.24) is 9.88 Å². The number of methoxy groups -OCH3 is 1. The van der Waals surface area contributed by atoms with Gasteiger partial charge in [-0.3, -0.25) is 9.78 Å². The molecule has 188 valence electrons. The summed E-state index contributed by atoms with van der Waals surface area (Å²) in [6.07, 6.45) is 7.40. The fourth-order valence-electron chi connectivity index (χ4n) is 5.11.